The number of aromatic nitrogens is 10. The van der Waals surface area contributed by atoms with Crippen LogP contribution in [-0.2, 0) is 18.5 Å². The van der Waals surface area contributed by atoms with Gasteiger partial charge in [0.15, 0.2) is 19.6 Å². The van der Waals surface area contributed by atoms with Crippen molar-refractivity contribution < 1.29 is 4.43 Å². The van der Waals surface area contributed by atoms with Gasteiger partial charge in [-0.3, -0.25) is 9.36 Å². The smallest absolute Gasteiger partial charge is 0.192 e. The number of nitrogens with two attached hydrogens (primary N) is 2. The van der Waals surface area contributed by atoms with Crippen molar-refractivity contribution in [3.63, 3.8) is 0 Å². The van der Waals surface area contributed by atoms with Crippen LogP contribution in [0.5, 0.6) is 0 Å². The van der Waals surface area contributed by atoms with E-state index in [1.54, 1.807) is 24.6 Å². The molecule has 0 spiro atoms. The van der Waals surface area contributed by atoms with E-state index >= 15 is 0 Å². The minimum absolute atomic E-state index is 0.242. The van der Waals surface area contributed by atoms with E-state index in [4.69, 9.17) is 25.9 Å². The zero-order chi connectivity index (χ0) is 38.2. The lowest BCUT2D eigenvalue weighted by Crippen LogP contribution is -2.44. The fraction of sp³-hybridized carbons (Fsp3) is 0.526. The molecular formula is C38H56N14OSi. The number of anilines is 2. The number of hydrogen-bond donors (Lipinski definition) is 3. The maximum absolute atomic E-state index is 6.41. The fourth-order valence-electron chi connectivity index (χ4n) is 7.21. The predicted molar refractivity (Wildman–Crippen MR) is 216 cm³/mol. The average Bonchev–Trinajstić information content (AvgIpc) is 3.95. The van der Waals surface area contributed by atoms with Crippen LogP contribution in [0.3, 0.4) is 0 Å². The van der Waals surface area contributed by atoms with Gasteiger partial charge in [-0.2, -0.15) is 29.4 Å². The Bertz CT molecular complexity index is 2200. The normalized spacial score (nSPS) is 18.6. The van der Waals surface area contributed by atoms with E-state index in [1.807, 2.05) is 57.2 Å². The summed E-state index contributed by atoms with van der Waals surface area (Å²) >= 11 is 0. The number of aryl methyl sites for hydroxylation is 2. The van der Waals surface area contributed by atoms with Crippen molar-refractivity contribution in [2.45, 2.75) is 76.4 Å². The molecule has 0 aliphatic carbocycles. The summed E-state index contributed by atoms with van der Waals surface area (Å²) in [4.78, 5) is 12.4. The Morgan fingerprint density at radius 3 is 1.85 bits per heavy atom. The summed E-state index contributed by atoms with van der Waals surface area (Å²) < 4.78 is 13.4. The zero-order valence-corrected chi connectivity index (χ0v) is 33.8. The third kappa shape index (κ3) is 7.92. The molecule has 288 valence electrons. The Kier molecular flexibility index (Phi) is 10.6. The van der Waals surface area contributed by atoms with E-state index in [0.29, 0.717) is 23.5 Å². The van der Waals surface area contributed by atoms with Crippen molar-refractivity contribution in [2.24, 2.45) is 14.1 Å². The molecule has 5 N–H and O–H groups in total. The van der Waals surface area contributed by atoms with Crippen LogP contribution in [-0.4, -0.2) is 101 Å². The molecule has 0 saturated carbocycles. The van der Waals surface area contributed by atoms with Crippen LogP contribution in [0.25, 0.3) is 33.5 Å². The van der Waals surface area contributed by atoms with Crippen LogP contribution in [0.2, 0.25) is 18.1 Å². The van der Waals surface area contributed by atoms with Gasteiger partial charge in [-0.1, -0.05) is 20.8 Å². The molecule has 0 amide bonds. The fourth-order valence-corrected chi connectivity index (χ4v) is 8.24. The van der Waals surface area contributed by atoms with Crippen molar-refractivity contribution in [1.29, 1.82) is 0 Å². The molecular weight excluding hydrogens is 697 g/mol. The van der Waals surface area contributed by atoms with Crippen LogP contribution in [0.4, 0.5) is 11.6 Å². The predicted octanol–water partition coefficient (Wildman–Crippen LogP) is 5.09. The number of likely N-dealkylation sites (tertiary alicyclic amines) is 1. The Morgan fingerprint density at radius 2 is 1.35 bits per heavy atom. The van der Waals surface area contributed by atoms with Crippen molar-refractivity contribution in [1.82, 2.24) is 59.0 Å². The Labute approximate surface area is 318 Å². The van der Waals surface area contributed by atoms with Gasteiger partial charge in [0.1, 0.15) is 11.6 Å². The molecule has 2 aliphatic heterocycles. The summed E-state index contributed by atoms with van der Waals surface area (Å²) in [6, 6.07) is 3.94. The molecule has 6 aromatic heterocycles. The van der Waals surface area contributed by atoms with E-state index in [1.165, 1.54) is 6.42 Å². The van der Waals surface area contributed by atoms with Crippen molar-refractivity contribution in [3.8, 4) is 22.3 Å². The standard InChI is InChI=1S/C23H37N7OSi.C15H19N7/c1-23(2,3)32(5,6)31-11-10-29-9-7-8-17(16-29)20-12-21(24)30-22(27-20)19(14-26-30)18-13-25-28(4)15-18;1-21-9-11(7-18-21)12-8-19-22-14(16)5-13(20-15(12)22)10-3-2-4-17-6-10/h12-15,17H,7-11,16,24H2,1-6H3;5,7-10,17H,2-4,6,16H2,1H3. The Morgan fingerprint density at radius 1 is 0.796 bits per heavy atom. The lowest BCUT2D eigenvalue weighted by Gasteiger charge is -2.38. The summed E-state index contributed by atoms with van der Waals surface area (Å²) in [5, 5.41) is 21.0. The molecule has 2 unspecified atom stereocenters. The maximum Gasteiger partial charge on any atom is 0.192 e. The molecule has 2 aliphatic rings. The molecule has 54 heavy (non-hydrogen) atoms. The zero-order valence-electron chi connectivity index (χ0n) is 32.8. The van der Waals surface area contributed by atoms with E-state index in [9.17, 15) is 0 Å². The summed E-state index contributed by atoms with van der Waals surface area (Å²) in [5.74, 6) is 2.03. The van der Waals surface area contributed by atoms with Crippen LogP contribution in [0.1, 0.15) is 69.7 Å². The molecule has 0 bridgehead atoms. The van der Waals surface area contributed by atoms with E-state index in [2.05, 4.69) is 64.5 Å². The first kappa shape index (κ1) is 37.7. The quantitative estimate of drug-likeness (QED) is 0.177. The van der Waals surface area contributed by atoms with Gasteiger partial charge in [0, 0.05) is 99.0 Å². The van der Waals surface area contributed by atoms with Gasteiger partial charge >= 0.3 is 0 Å². The van der Waals surface area contributed by atoms with Crippen molar-refractivity contribution in [2.75, 3.05) is 50.8 Å². The third-order valence-electron chi connectivity index (χ3n) is 11.4. The van der Waals surface area contributed by atoms with Gasteiger partial charge in [-0.05, 0) is 56.9 Å². The topological polar surface area (TPSA) is 173 Å². The highest BCUT2D eigenvalue weighted by Gasteiger charge is 2.37. The number of hydrogen-bond acceptors (Lipinski definition) is 11. The highest BCUT2D eigenvalue weighted by molar-refractivity contribution is 6.74. The minimum Gasteiger partial charge on any atom is -0.416 e. The number of rotatable bonds is 8. The molecule has 8 rings (SSSR count). The summed E-state index contributed by atoms with van der Waals surface area (Å²) in [7, 11) is 2.10. The van der Waals surface area contributed by atoms with Gasteiger partial charge < -0.3 is 26.1 Å². The van der Waals surface area contributed by atoms with E-state index < -0.39 is 8.32 Å². The van der Waals surface area contributed by atoms with Crippen molar-refractivity contribution >= 4 is 31.2 Å². The van der Waals surface area contributed by atoms with Crippen LogP contribution < -0.4 is 16.8 Å². The first-order chi connectivity index (χ1) is 25.8. The van der Waals surface area contributed by atoms with E-state index in [0.717, 1.165) is 104 Å². The number of nitrogens with zero attached hydrogens (tertiary/aromatic N) is 11. The molecule has 2 atom stereocenters. The van der Waals surface area contributed by atoms with Gasteiger partial charge in [0.05, 0.1) is 36.2 Å². The SMILES string of the molecule is Cn1cc(-c2cnn3c(N)cc(C4CCCN(CCO[Si](C)(C)C(C)(C)C)C4)nc23)cn1.Cn1cc(-c2cnn3c(N)cc(C4CCCNC4)nc23)cn1. The summed E-state index contributed by atoms with van der Waals surface area (Å²) in [6.07, 6.45) is 15.8. The number of fused-ring (bicyclic) bond motifs is 2. The molecule has 2 fully saturated rings. The lowest BCUT2D eigenvalue weighted by molar-refractivity contribution is 0.162. The van der Waals surface area contributed by atoms with Crippen LogP contribution in [0.15, 0.2) is 49.3 Å². The van der Waals surface area contributed by atoms with Crippen molar-refractivity contribution in [3.05, 3.63) is 60.7 Å². The van der Waals surface area contributed by atoms with Crippen LogP contribution in [0, 0.1) is 0 Å². The molecule has 0 aromatic carbocycles. The monoisotopic (exact) mass is 752 g/mol. The molecule has 0 radical (unpaired) electrons. The Hall–Kier alpha value is -4.64. The van der Waals surface area contributed by atoms with Crippen LogP contribution >= 0.6 is 0 Å². The molecule has 6 aromatic rings. The second kappa shape index (κ2) is 15.2. The van der Waals surface area contributed by atoms with Gasteiger partial charge in [-0.25, -0.2) is 9.97 Å². The molecule has 2 saturated heterocycles. The average molecular weight is 753 g/mol. The third-order valence-corrected chi connectivity index (χ3v) is 15.9. The highest BCUT2D eigenvalue weighted by atomic mass is 28.4. The van der Waals surface area contributed by atoms with Gasteiger partial charge in [0.2, 0.25) is 0 Å². The molecule has 15 nitrogen and oxygen atoms in total. The first-order valence-corrected chi connectivity index (χ1v) is 22.0. The summed E-state index contributed by atoms with van der Waals surface area (Å²) in [5.41, 5.74) is 20.2. The number of nitrogen functional groups attached to an aromatic ring is 2. The summed E-state index contributed by atoms with van der Waals surface area (Å²) in [6.45, 7) is 17.4. The lowest BCUT2D eigenvalue weighted by atomic mass is 9.94. The second-order valence-electron chi connectivity index (χ2n) is 16.4. The first-order valence-electron chi connectivity index (χ1n) is 19.1. The second-order valence-corrected chi connectivity index (χ2v) is 21.2. The molecule has 8 heterocycles. The van der Waals surface area contributed by atoms with Gasteiger partial charge in [-0.15, -0.1) is 0 Å². The largest absolute Gasteiger partial charge is 0.416 e. The highest BCUT2D eigenvalue weighted by Crippen LogP contribution is 2.37. The molecule has 16 heteroatoms. The minimum atomic E-state index is -1.71. The number of piperidine rings is 2. The number of nitrogens with one attached hydrogen (secondary N) is 1. The maximum atomic E-state index is 6.41. The van der Waals surface area contributed by atoms with Gasteiger partial charge in [0.25, 0.3) is 0 Å². The van der Waals surface area contributed by atoms with E-state index in [-0.39, 0.29) is 5.04 Å². The Balaban J connectivity index is 0.000000178.